The van der Waals surface area contributed by atoms with Gasteiger partial charge in [0.2, 0.25) is 0 Å². The average Bonchev–Trinajstić information content (AvgIpc) is 3.05. The van der Waals surface area contributed by atoms with Crippen LogP contribution in [0.15, 0.2) is 53.1 Å². The Kier molecular flexibility index (Phi) is 5.09. The van der Waals surface area contributed by atoms with Crippen LogP contribution in [-0.2, 0) is 6.42 Å². The van der Waals surface area contributed by atoms with Crippen molar-refractivity contribution >= 4 is 5.91 Å². The predicted molar refractivity (Wildman–Crippen MR) is 90.4 cm³/mol. The van der Waals surface area contributed by atoms with Crippen LogP contribution in [-0.4, -0.2) is 23.2 Å². The van der Waals surface area contributed by atoms with Gasteiger partial charge in [0.1, 0.15) is 22.9 Å². The van der Waals surface area contributed by atoms with Gasteiger partial charge in [-0.05, 0) is 18.2 Å². The molecule has 1 aromatic heterocycles. The molecule has 0 spiro atoms. The summed E-state index contributed by atoms with van der Waals surface area (Å²) in [5.41, 5.74) is 0.201. The maximum atomic E-state index is 14.1. The SMILES string of the molecule is CNC(=O)c1c(-c2ccccc2F)noc1CC(O)c1ccccc1F. The Labute approximate surface area is 148 Å². The van der Waals surface area contributed by atoms with E-state index in [1.165, 1.54) is 43.4 Å². The van der Waals surface area contributed by atoms with Crippen molar-refractivity contribution < 1.29 is 23.2 Å². The van der Waals surface area contributed by atoms with Gasteiger partial charge >= 0.3 is 0 Å². The number of hydrogen-bond donors (Lipinski definition) is 2. The Morgan fingerprint density at radius 3 is 2.46 bits per heavy atom. The van der Waals surface area contributed by atoms with Gasteiger partial charge in [-0.15, -0.1) is 0 Å². The summed E-state index contributed by atoms with van der Waals surface area (Å²) in [6, 6.07) is 11.6. The number of carbonyl (C=O) groups excluding carboxylic acids is 1. The molecule has 1 unspecified atom stereocenters. The van der Waals surface area contributed by atoms with Crippen LogP contribution in [0.25, 0.3) is 11.3 Å². The lowest BCUT2D eigenvalue weighted by atomic mass is 9.99. The fourth-order valence-corrected chi connectivity index (χ4v) is 2.69. The van der Waals surface area contributed by atoms with Crippen LogP contribution in [0.5, 0.6) is 0 Å². The molecule has 134 valence electrons. The molecule has 0 aliphatic heterocycles. The van der Waals surface area contributed by atoms with E-state index in [1.807, 2.05) is 0 Å². The van der Waals surface area contributed by atoms with Gasteiger partial charge in [-0.2, -0.15) is 0 Å². The van der Waals surface area contributed by atoms with Crippen LogP contribution in [0.1, 0.15) is 27.8 Å². The van der Waals surface area contributed by atoms with E-state index in [0.29, 0.717) is 0 Å². The third-order valence-electron chi connectivity index (χ3n) is 3.99. The van der Waals surface area contributed by atoms with Gasteiger partial charge in [0.15, 0.2) is 5.76 Å². The Bertz CT molecular complexity index is 940. The summed E-state index contributed by atoms with van der Waals surface area (Å²) >= 11 is 0. The van der Waals surface area contributed by atoms with Crippen LogP contribution in [0, 0.1) is 11.6 Å². The van der Waals surface area contributed by atoms with Gasteiger partial charge in [0.05, 0.1) is 6.10 Å². The number of aromatic nitrogens is 1. The quantitative estimate of drug-likeness (QED) is 0.734. The Hall–Kier alpha value is -3.06. The third-order valence-corrected chi connectivity index (χ3v) is 3.99. The standard InChI is InChI=1S/C19H16F2N2O3/c1-22-19(25)17-16(10-15(24)11-6-2-4-8-13(11)20)26-23-18(17)12-7-3-5-9-14(12)21/h2-9,15,24H,10H2,1H3,(H,22,25). The molecule has 7 heteroatoms. The molecule has 0 fully saturated rings. The lowest BCUT2D eigenvalue weighted by molar-refractivity contribution is 0.0959. The summed E-state index contributed by atoms with van der Waals surface area (Å²) in [4.78, 5) is 12.3. The molecule has 0 aliphatic rings. The van der Waals surface area contributed by atoms with E-state index in [0.717, 1.165) is 0 Å². The van der Waals surface area contributed by atoms with Crippen molar-refractivity contribution in [3.05, 3.63) is 77.1 Å². The van der Waals surface area contributed by atoms with E-state index < -0.39 is 23.6 Å². The first-order chi connectivity index (χ1) is 12.5. The number of halogens is 2. The molecule has 3 rings (SSSR count). The van der Waals surface area contributed by atoms with Crippen LogP contribution in [0.3, 0.4) is 0 Å². The third kappa shape index (κ3) is 3.34. The molecule has 1 heterocycles. The summed E-state index contributed by atoms with van der Waals surface area (Å²) in [6.07, 6.45) is -1.44. The predicted octanol–water partition coefficient (Wildman–Crippen LogP) is 3.26. The summed E-state index contributed by atoms with van der Waals surface area (Å²) in [6.45, 7) is 0. The normalized spacial score (nSPS) is 12.0. The van der Waals surface area contributed by atoms with Crippen LogP contribution < -0.4 is 5.32 Å². The van der Waals surface area contributed by atoms with Crippen molar-refractivity contribution in [3.8, 4) is 11.3 Å². The Balaban J connectivity index is 2.02. The van der Waals surface area contributed by atoms with Crippen LogP contribution in [0.4, 0.5) is 8.78 Å². The van der Waals surface area contributed by atoms with Crippen LogP contribution in [0.2, 0.25) is 0 Å². The molecule has 1 atom stereocenters. The van der Waals surface area contributed by atoms with E-state index in [2.05, 4.69) is 10.5 Å². The second-order valence-corrected chi connectivity index (χ2v) is 5.63. The molecule has 5 nitrogen and oxygen atoms in total. The van der Waals surface area contributed by atoms with Crippen LogP contribution >= 0.6 is 0 Å². The van der Waals surface area contributed by atoms with E-state index in [-0.39, 0.29) is 34.6 Å². The molecular formula is C19H16F2N2O3. The molecule has 0 saturated carbocycles. The summed E-state index contributed by atoms with van der Waals surface area (Å²) in [7, 11) is 1.41. The van der Waals surface area contributed by atoms with Crippen molar-refractivity contribution in [1.82, 2.24) is 10.5 Å². The summed E-state index contributed by atoms with van der Waals surface area (Å²) in [5, 5.41) is 16.6. The smallest absolute Gasteiger partial charge is 0.256 e. The first-order valence-electron chi connectivity index (χ1n) is 7.91. The maximum absolute atomic E-state index is 14.1. The lowest BCUT2D eigenvalue weighted by Crippen LogP contribution is -2.20. The van der Waals surface area contributed by atoms with Crippen molar-refractivity contribution in [3.63, 3.8) is 0 Å². The molecule has 0 aliphatic carbocycles. The lowest BCUT2D eigenvalue weighted by Gasteiger charge is -2.11. The van der Waals surface area contributed by atoms with Gasteiger partial charge < -0.3 is 14.9 Å². The molecule has 26 heavy (non-hydrogen) atoms. The zero-order valence-corrected chi connectivity index (χ0v) is 13.9. The minimum atomic E-state index is -1.25. The summed E-state index contributed by atoms with van der Waals surface area (Å²) in [5.74, 6) is -1.64. The number of amides is 1. The molecule has 0 saturated heterocycles. The van der Waals surface area contributed by atoms with E-state index >= 15 is 0 Å². The Morgan fingerprint density at radius 2 is 1.81 bits per heavy atom. The zero-order valence-electron chi connectivity index (χ0n) is 13.9. The molecule has 2 aromatic carbocycles. The van der Waals surface area contributed by atoms with Crippen molar-refractivity contribution in [2.24, 2.45) is 0 Å². The number of hydrogen-bond acceptors (Lipinski definition) is 4. The first kappa shape index (κ1) is 17.8. The van der Waals surface area contributed by atoms with Gasteiger partial charge in [-0.3, -0.25) is 4.79 Å². The molecular weight excluding hydrogens is 342 g/mol. The summed E-state index contributed by atoms with van der Waals surface area (Å²) < 4.78 is 33.2. The molecule has 1 amide bonds. The second-order valence-electron chi connectivity index (χ2n) is 5.63. The van der Waals surface area contributed by atoms with E-state index in [9.17, 15) is 18.7 Å². The van der Waals surface area contributed by atoms with Gasteiger partial charge in [-0.1, -0.05) is 35.5 Å². The van der Waals surface area contributed by atoms with Crippen molar-refractivity contribution in [2.45, 2.75) is 12.5 Å². The number of rotatable bonds is 5. The van der Waals surface area contributed by atoms with Gasteiger partial charge in [0, 0.05) is 24.6 Å². The molecule has 0 bridgehead atoms. The highest BCUT2D eigenvalue weighted by Gasteiger charge is 2.27. The highest BCUT2D eigenvalue weighted by molar-refractivity contribution is 6.00. The molecule has 0 radical (unpaired) electrons. The fourth-order valence-electron chi connectivity index (χ4n) is 2.69. The molecule has 3 aromatic rings. The van der Waals surface area contributed by atoms with Gasteiger partial charge in [-0.25, -0.2) is 8.78 Å². The number of carbonyl (C=O) groups is 1. The molecule has 2 N–H and O–H groups in total. The minimum absolute atomic E-state index is 0.00740. The topological polar surface area (TPSA) is 75.4 Å². The Morgan fingerprint density at radius 1 is 1.15 bits per heavy atom. The highest BCUT2D eigenvalue weighted by atomic mass is 19.1. The number of nitrogens with zero attached hydrogens (tertiary/aromatic N) is 1. The fraction of sp³-hybridized carbons (Fsp3) is 0.158. The largest absolute Gasteiger partial charge is 0.388 e. The number of aliphatic hydroxyl groups is 1. The minimum Gasteiger partial charge on any atom is -0.388 e. The maximum Gasteiger partial charge on any atom is 0.256 e. The monoisotopic (exact) mass is 358 g/mol. The highest BCUT2D eigenvalue weighted by Crippen LogP contribution is 2.30. The van der Waals surface area contributed by atoms with Crippen molar-refractivity contribution in [2.75, 3.05) is 7.05 Å². The first-order valence-corrected chi connectivity index (χ1v) is 7.91. The second kappa shape index (κ2) is 7.45. The van der Waals surface area contributed by atoms with Gasteiger partial charge in [0.25, 0.3) is 5.91 Å². The van der Waals surface area contributed by atoms with E-state index in [1.54, 1.807) is 12.1 Å². The average molecular weight is 358 g/mol. The van der Waals surface area contributed by atoms with Crippen molar-refractivity contribution in [1.29, 1.82) is 0 Å². The van der Waals surface area contributed by atoms with E-state index in [4.69, 9.17) is 4.52 Å². The number of benzene rings is 2. The number of nitrogens with one attached hydrogen (secondary N) is 1. The zero-order chi connectivity index (χ0) is 18.7. The number of aliphatic hydroxyl groups excluding tert-OH is 1.